The number of carboxylic acid groups (broad SMARTS) is 1. The van der Waals surface area contributed by atoms with Crippen molar-refractivity contribution in [2.75, 3.05) is 0 Å². The zero-order valence-electron chi connectivity index (χ0n) is 8.29. The van der Waals surface area contributed by atoms with E-state index in [-0.39, 0.29) is 11.6 Å². The molecule has 1 rings (SSSR count). The molecule has 0 saturated carbocycles. The van der Waals surface area contributed by atoms with Crippen molar-refractivity contribution in [3.05, 3.63) is 35.9 Å². The summed E-state index contributed by atoms with van der Waals surface area (Å²) in [6.45, 7) is 1.24. The Kier molecular flexibility index (Phi) is 3.41. The van der Waals surface area contributed by atoms with E-state index in [2.05, 4.69) is 0 Å². The lowest BCUT2D eigenvalue weighted by Crippen LogP contribution is -2.50. The van der Waals surface area contributed by atoms with Gasteiger partial charge in [-0.2, -0.15) is 0 Å². The Morgan fingerprint density at radius 1 is 1.33 bits per heavy atom. The standard InChI is InChI=1S/C10H13NO4/c1-10(9(12)13,11(14)15)7-8-5-3-2-4-6-8/h2-6,14-15H,7H2,1H3,(H,12,13)/t10-/m0/s1. The minimum atomic E-state index is -1.73. The minimum Gasteiger partial charge on any atom is -0.480 e. The van der Waals surface area contributed by atoms with Gasteiger partial charge in [-0.25, -0.2) is 0 Å². The maximum Gasteiger partial charge on any atom is 0.329 e. The average molecular weight is 211 g/mol. The summed E-state index contributed by atoms with van der Waals surface area (Å²) in [5.41, 5.74) is -1.02. The van der Waals surface area contributed by atoms with E-state index in [4.69, 9.17) is 15.5 Å². The summed E-state index contributed by atoms with van der Waals surface area (Å²) in [6, 6.07) is 8.78. The maximum absolute atomic E-state index is 10.9. The quantitative estimate of drug-likeness (QED) is 0.651. The van der Waals surface area contributed by atoms with Crippen LogP contribution in [0.25, 0.3) is 0 Å². The number of hydrogen-bond donors (Lipinski definition) is 3. The molecule has 1 aromatic rings. The van der Waals surface area contributed by atoms with Gasteiger partial charge in [0.25, 0.3) is 0 Å². The van der Waals surface area contributed by atoms with Crippen LogP contribution in [0.2, 0.25) is 0 Å². The predicted molar refractivity (Wildman–Crippen MR) is 51.6 cm³/mol. The molecule has 0 heterocycles. The number of benzene rings is 1. The fourth-order valence-electron chi connectivity index (χ4n) is 1.23. The largest absolute Gasteiger partial charge is 0.480 e. The highest BCUT2D eigenvalue weighted by Crippen LogP contribution is 2.18. The fraction of sp³-hybridized carbons (Fsp3) is 0.300. The molecule has 1 aromatic carbocycles. The first-order chi connectivity index (χ1) is 6.97. The summed E-state index contributed by atoms with van der Waals surface area (Å²) >= 11 is 0. The van der Waals surface area contributed by atoms with Crippen LogP contribution in [0.5, 0.6) is 0 Å². The van der Waals surface area contributed by atoms with Crippen molar-refractivity contribution in [2.45, 2.75) is 18.9 Å². The van der Waals surface area contributed by atoms with Gasteiger partial charge in [0.2, 0.25) is 0 Å². The summed E-state index contributed by atoms with van der Waals surface area (Å²) in [7, 11) is 0. The summed E-state index contributed by atoms with van der Waals surface area (Å²) < 4.78 is 0. The first kappa shape index (κ1) is 11.6. The Labute approximate surface area is 87.1 Å². The summed E-state index contributed by atoms with van der Waals surface area (Å²) in [4.78, 5) is 10.9. The molecule has 5 nitrogen and oxygen atoms in total. The second-order valence-corrected chi connectivity index (χ2v) is 3.53. The second kappa shape index (κ2) is 4.39. The SMILES string of the molecule is C[C@](Cc1ccccc1)(C(=O)O)N(O)O. The third-order valence-corrected chi connectivity index (χ3v) is 2.29. The molecule has 0 fully saturated rings. The summed E-state index contributed by atoms with van der Waals surface area (Å²) in [5.74, 6) is -1.30. The molecule has 0 aliphatic carbocycles. The molecule has 0 radical (unpaired) electrons. The van der Waals surface area contributed by atoms with Crippen molar-refractivity contribution in [1.29, 1.82) is 0 Å². The van der Waals surface area contributed by atoms with Gasteiger partial charge in [0.05, 0.1) is 0 Å². The van der Waals surface area contributed by atoms with Gasteiger partial charge in [-0.3, -0.25) is 15.2 Å². The highest BCUT2D eigenvalue weighted by atomic mass is 16.8. The van der Waals surface area contributed by atoms with Crippen LogP contribution >= 0.6 is 0 Å². The summed E-state index contributed by atoms with van der Waals surface area (Å²) in [5, 5.41) is 26.5. The zero-order valence-corrected chi connectivity index (χ0v) is 8.29. The number of hydrogen-bond acceptors (Lipinski definition) is 4. The molecule has 0 unspecified atom stereocenters. The Bertz CT molecular complexity index is 339. The number of rotatable bonds is 4. The van der Waals surface area contributed by atoms with Crippen molar-refractivity contribution >= 4 is 5.97 Å². The molecule has 82 valence electrons. The van der Waals surface area contributed by atoms with Crippen LogP contribution in [0.15, 0.2) is 30.3 Å². The smallest absolute Gasteiger partial charge is 0.329 e. The Balaban J connectivity index is 2.90. The molecule has 0 aromatic heterocycles. The molecule has 0 saturated heterocycles. The fourth-order valence-corrected chi connectivity index (χ4v) is 1.23. The molecule has 1 atom stereocenters. The van der Waals surface area contributed by atoms with Crippen LogP contribution in [-0.2, 0) is 11.2 Å². The number of carboxylic acids is 1. The highest BCUT2D eigenvalue weighted by Gasteiger charge is 2.39. The van der Waals surface area contributed by atoms with Gasteiger partial charge in [0.15, 0.2) is 5.54 Å². The first-order valence-electron chi connectivity index (χ1n) is 4.42. The van der Waals surface area contributed by atoms with Crippen LogP contribution in [0, 0.1) is 0 Å². The molecular formula is C10H13NO4. The highest BCUT2D eigenvalue weighted by molar-refractivity contribution is 5.78. The van der Waals surface area contributed by atoms with Crippen LogP contribution in [-0.4, -0.2) is 32.3 Å². The van der Waals surface area contributed by atoms with E-state index in [1.54, 1.807) is 30.3 Å². The summed E-state index contributed by atoms with van der Waals surface area (Å²) in [6.07, 6.45) is 0.0101. The maximum atomic E-state index is 10.9. The topological polar surface area (TPSA) is 81.0 Å². The van der Waals surface area contributed by atoms with Crippen molar-refractivity contribution < 1.29 is 20.3 Å². The van der Waals surface area contributed by atoms with Crippen LogP contribution in [0.3, 0.4) is 0 Å². The van der Waals surface area contributed by atoms with Crippen LogP contribution in [0.1, 0.15) is 12.5 Å². The van der Waals surface area contributed by atoms with Gasteiger partial charge in [0.1, 0.15) is 0 Å². The molecular weight excluding hydrogens is 198 g/mol. The van der Waals surface area contributed by atoms with Crippen molar-refractivity contribution in [1.82, 2.24) is 5.23 Å². The third-order valence-electron chi connectivity index (χ3n) is 2.29. The molecule has 0 amide bonds. The molecule has 0 aliphatic heterocycles. The van der Waals surface area contributed by atoms with E-state index in [1.165, 1.54) is 6.92 Å². The Hall–Kier alpha value is -1.43. The normalized spacial score (nSPS) is 14.9. The minimum absolute atomic E-state index is 0.0101. The lowest BCUT2D eigenvalue weighted by atomic mass is 9.93. The molecule has 0 aliphatic rings. The molecule has 0 spiro atoms. The van der Waals surface area contributed by atoms with E-state index in [0.29, 0.717) is 0 Å². The van der Waals surface area contributed by atoms with E-state index in [9.17, 15) is 4.79 Å². The lowest BCUT2D eigenvalue weighted by Gasteiger charge is -2.27. The van der Waals surface area contributed by atoms with Gasteiger partial charge in [0, 0.05) is 6.42 Å². The number of hydroxylamine groups is 2. The van der Waals surface area contributed by atoms with Crippen LogP contribution < -0.4 is 0 Å². The molecule has 15 heavy (non-hydrogen) atoms. The molecule has 5 heteroatoms. The van der Waals surface area contributed by atoms with E-state index >= 15 is 0 Å². The van der Waals surface area contributed by atoms with Gasteiger partial charge >= 0.3 is 5.97 Å². The van der Waals surface area contributed by atoms with E-state index in [0.717, 1.165) is 5.56 Å². The molecule has 3 N–H and O–H groups in total. The van der Waals surface area contributed by atoms with Gasteiger partial charge in [-0.05, 0) is 12.5 Å². The third kappa shape index (κ3) is 2.53. The van der Waals surface area contributed by atoms with E-state index < -0.39 is 11.5 Å². The number of carbonyl (C=O) groups is 1. The Morgan fingerprint density at radius 3 is 2.27 bits per heavy atom. The molecule has 0 bridgehead atoms. The monoisotopic (exact) mass is 211 g/mol. The first-order valence-corrected chi connectivity index (χ1v) is 4.42. The average Bonchev–Trinajstić information content (AvgIpc) is 2.18. The second-order valence-electron chi connectivity index (χ2n) is 3.53. The van der Waals surface area contributed by atoms with Crippen LogP contribution in [0.4, 0.5) is 0 Å². The Morgan fingerprint density at radius 2 is 1.87 bits per heavy atom. The van der Waals surface area contributed by atoms with Crippen molar-refractivity contribution in [3.63, 3.8) is 0 Å². The van der Waals surface area contributed by atoms with Crippen molar-refractivity contribution in [3.8, 4) is 0 Å². The zero-order chi connectivity index (χ0) is 11.5. The van der Waals surface area contributed by atoms with Gasteiger partial charge < -0.3 is 5.11 Å². The van der Waals surface area contributed by atoms with Gasteiger partial charge in [-0.1, -0.05) is 35.6 Å². The van der Waals surface area contributed by atoms with Gasteiger partial charge in [-0.15, -0.1) is 0 Å². The lowest BCUT2D eigenvalue weighted by molar-refractivity contribution is -0.353. The predicted octanol–water partition coefficient (Wildman–Crippen LogP) is 1.15. The number of nitrogens with zero attached hydrogens (tertiary/aromatic N) is 1. The van der Waals surface area contributed by atoms with Crippen molar-refractivity contribution in [2.24, 2.45) is 0 Å². The number of aliphatic carboxylic acids is 1. The van der Waals surface area contributed by atoms with E-state index in [1.807, 2.05) is 0 Å².